The van der Waals surface area contributed by atoms with Crippen LogP contribution in [0.2, 0.25) is 0 Å². The summed E-state index contributed by atoms with van der Waals surface area (Å²) in [5.41, 5.74) is 4.14. The molecule has 2 nitrogen and oxygen atoms in total. The van der Waals surface area contributed by atoms with Crippen molar-refractivity contribution in [3.05, 3.63) is 34.9 Å². The van der Waals surface area contributed by atoms with Crippen LogP contribution >= 0.6 is 0 Å². The summed E-state index contributed by atoms with van der Waals surface area (Å²) >= 11 is 0. The summed E-state index contributed by atoms with van der Waals surface area (Å²) in [6.45, 7) is 11.0. The van der Waals surface area contributed by atoms with Crippen molar-refractivity contribution in [3.8, 4) is 0 Å². The van der Waals surface area contributed by atoms with Gasteiger partial charge in [0.2, 0.25) is 0 Å². The predicted molar refractivity (Wildman–Crippen MR) is 89.2 cm³/mol. The Labute approximate surface area is 125 Å². The van der Waals surface area contributed by atoms with Gasteiger partial charge in [-0.05, 0) is 50.6 Å². The Kier molecular flexibility index (Phi) is 7.25. The van der Waals surface area contributed by atoms with E-state index in [1.165, 1.54) is 29.5 Å². The summed E-state index contributed by atoms with van der Waals surface area (Å²) in [4.78, 5) is 2.37. The Balaban J connectivity index is 2.53. The minimum Gasteiger partial charge on any atom is -0.311 e. The number of benzene rings is 1. The zero-order chi connectivity index (χ0) is 15.1. The van der Waals surface area contributed by atoms with Crippen LogP contribution in [0, 0.1) is 19.8 Å². The molecule has 1 atom stereocenters. The van der Waals surface area contributed by atoms with Gasteiger partial charge in [-0.15, -0.1) is 0 Å². The van der Waals surface area contributed by atoms with E-state index in [4.69, 9.17) is 0 Å². The van der Waals surface area contributed by atoms with Gasteiger partial charge in [0.15, 0.2) is 0 Å². The number of nitrogens with one attached hydrogen (secondary N) is 1. The maximum atomic E-state index is 3.64. The first-order valence-corrected chi connectivity index (χ1v) is 7.92. The van der Waals surface area contributed by atoms with E-state index < -0.39 is 0 Å². The Morgan fingerprint density at radius 1 is 1.05 bits per heavy atom. The summed E-state index contributed by atoms with van der Waals surface area (Å²) < 4.78 is 0. The van der Waals surface area contributed by atoms with Crippen LogP contribution in [0.25, 0.3) is 0 Å². The normalized spacial score (nSPS) is 13.2. The molecule has 1 N–H and O–H groups in total. The highest BCUT2D eigenvalue weighted by Gasteiger charge is 2.19. The summed E-state index contributed by atoms with van der Waals surface area (Å²) in [5, 5.41) is 3.64. The third kappa shape index (κ3) is 4.92. The third-order valence-corrected chi connectivity index (χ3v) is 4.51. The fourth-order valence-corrected chi connectivity index (χ4v) is 2.88. The number of hydrogen-bond acceptors (Lipinski definition) is 2. The third-order valence-electron chi connectivity index (χ3n) is 4.51. The zero-order valence-electron chi connectivity index (χ0n) is 14.2. The number of nitrogens with zero attached hydrogens (tertiary/aromatic N) is 1. The molecule has 1 unspecified atom stereocenters. The van der Waals surface area contributed by atoms with E-state index in [2.05, 4.69) is 70.2 Å². The lowest BCUT2D eigenvalue weighted by atomic mass is 9.93. The molecule has 0 aliphatic carbocycles. The highest BCUT2D eigenvalue weighted by Crippen LogP contribution is 2.16. The molecule has 0 spiro atoms. The maximum Gasteiger partial charge on any atom is 0.0242 e. The first kappa shape index (κ1) is 17.2. The molecule has 0 aliphatic rings. The molecule has 1 rings (SSSR count). The lowest BCUT2D eigenvalue weighted by molar-refractivity contribution is 0.194. The minimum absolute atomic E-state index is 0.622. The van der Waals surface area contributed by atoms with Gasteiger partial charge in [0.05, 0.1) is 0 Å². The minimum atomic E-state index is 0.622. The van der Waals surface area contributed by atoms with Crippen molar-refractivity contribution >= 4 is 0 Å². The van der Waals surface area contributed by atoms with Crippen LogP contribution in [0.5, 0.6) is 0 Å². The van der Waals surface area contributed by atoms with Gasteiger partial charge in [-0.25, -0.2) is 0 Å². The number of hydrogen-bond donors (Lipinski definition) is 1. The molecule has 0 fully saturated rings. The summed E-state index contributed by atoms with van der Waals surface area (Å²) in [5.74, 6) is 0.775. The molecule has 114 valence electrons. The van der Waals surface area contributed by atoms with Gasteiger partial charge in [0, 0.05) is 19.1 Å². The highest BCUT2D eigenvalue weighted by atomic mass is 15.1. The van der Waals surface area contributed by atoms with E-state index in [0.717, 1.165) is 19.0 Å². The largest absolute Gasteiger partial charge is 0.311 e. The molecule has 1 aromatic rings. The van der Waals surface area contributed by atoms with Gasteiger partial charge in [0.1, 0.15) is 0 Å². The topological polar surface area (TPSA) is 15.3 Å². The van der Waals surface area contributed by atoms with Crippen molar-refractivity contribution in [2.24, 2.45) is 5.92 Å². The molecule has 20 heavy (non-hydrogen) atoms. The van der Waals surface area contributed by atoms with Crippen molar-refractivity contribution in [2.45, 2.75) is 53.1 Å². The molecule has 0 heterocycles. The Morgan fingerprint density at radius 3 is 2.20 bits per heavy atom. The van der Waals surface area contributed by atoms with Crippen molar-refractivity contribution in [1.29, 1.82) is 0 Å². The van der Waals surface area contributed by atoms with Gasteiger partial charge in [-0.3, -0.25) is 0 Å². The van der Waals surface area contributed by atoms with Crippen LogP contribution in [-0.4, -0.2) is 31.6 Å². The van der Waals surface area contributed by atoms with E-state index in [9.17, 15) is 0 Å². The number of aryl methyl sites for hydroxylation is 2. The molecule has 0 bridgehead atoms. The van der Waals surface area contributed by atoms with Gasteiger partial charge < -0.3 is 10.2 Å². The molecule has 1 aromatic carbocycles. The Hall–Kier alpha value is -0.860. The van der Waals surface area contributed by atoms with Crippen LogP contribution in [0.1, 0.15) is 43.4 Å². The van der Waals surface area contributed by atoms with Crippen LogP contribution in [0.4, 0.5) is 0 Å². The Bertz CT molecular complexity index is 394. The zero-order valence-corrected chi connectivity index (χ0v) is 14.2. The molecular formula is C18H32N2. The number of likely N-dealkylation sites (N-methyl/N-ethyl adjacent to an activating group) is 1. The van der Waals surface area contributed by atoms with Crippen molar-refractivity contribution in [3.63, 3.8) is 0 Å². The first-order chi connectivity index (χ1) is 9.49. The van der Waals surface area contributed by atoms with Crippen LogP contribution in [0.15, 0.2) is 18.2 Å². The van der Waals surface area contributed by atoms with Gasteiger partial charge in [0.25, 0.3) is 0 Å². The highest BCUT2D eigenvalue weighted by molar-refractivity contribution is 5.29. The van der Waals surface area contributed by atoms with E-state index in [-0.39, 0.29) is 0 Å². The van der Waals surface area contributed by atoms with Crippen molar-refractivity contribution in [1.82, 2.24) is 10.2 Å². The van der Waals surface area contributed by atoms with Crippen LogP contribution in [0.3, 0.4) is 0 Å². The summed E-state index contributed by atoms with van der Waals surface area (Å²) in [6, 6.07) is 7.37. The quantitative estimate of drug-likeness (QED) is 0.778. The van der Waals surface area contributed by atoms with E-state index in [0.29, 0.717) is 6.04 Å². The van der Waals surface area contributed by atoms with Gasteiger partial charge >= 0.3 is 0 Å². The predicted octanol–water partition coefficient (Wildman–Crippen LogP) is 3.76. The molecular weight excluding hydrogens is 244 g/mol. The maximum absolute atomic E-state index is 3.64. The molecule has 0 aromatic heterocycles. The van der Waals surface area contributed by atoms with Crippen molar-refractivity contribution < 1.29 is 0 Å². The standard InChI is InChI=1S/C18H32N2/c1-7-17(8-2)18(20(5)6)13-19-12-16-10-9-14(3)15(4)11-16/h9-11,17-19H,7-8,12-13H2,1-6H3. The fourth-order valence-electron chi connectivity index (χ4n) is 2.88. The van der Waals surface area contributed by atoms with Crippen molar-refractivity contribution in [2.75, 3.05) is 20.6 Å². The Morgan fingerprint density at radius 2 is 1.70 bits per heavy atom. The molecule has 0 aliphatic heterocycles. The second-order valence-corrected chi connectivity index (χ2v) is 6.16. The van der Waals surface area contributed by atoms with Gasteiger partial charge in [-0.1, -0.05) is 44.9 Å². The van der Waals surface area contributed by atoms with Gasteiger partial charge in [-0.2, -0.15) is 0 Å². The molecule has 0 radical (unpaired) electrons. The SMILES string of the molecule is CCC(CC)C(CNCc1ccc(C)c(C)c1)N(C)C. The average molecular weight is 276 g/mol. The molecule has 0 amide bonds. The van der Waals surface area contributed by atoms with E-state index in [1.807, 2.05) is 0 Å². The monoisotopic (exact) mass is 276 g/mol. The summed E-state index contributed by atoms with van der Waals surface area (Å²) in [6.07, 6.45) is 2.51. The van der Waals surface area contributed by atoms with Crippen LogP contribution < -0.4 is 5.32 Å². The number of rotatable bonds is 8. The van der Waals surface area contributed by atoms with Crippen LogP contribution in [-0.2, 0) is 6.54 Å². The molecule has 0 saturated carbocycles. The first-order valence-electron chi connectivity index (χ1n) is 7.92. The van der Waals surface area contributed by atoms with E-state index >= 15 is 0 Å². The summed E-state index contributed by atoms with van der Waals surface area (Å²) in [7, 11) is 4.39. The smallest absolute Gasteiger partial charge is 0.0242 e. The van der Waals surface area contributed by atoms with E-state index in [1.54, 1.807) is 0 Å². The molecule has 0 saturated heterocycles. The fraction of sp³-hybridized carbons (Fsp3) is 0.667. The molecule has 2 heteroatoms. The second-order valence-electron chi connectivity index (χ2n) is 6.16. The lowest BCUT2D eigenvalue weighted by Gasteiger charge is -2.31. The lowest BCUT2D eigenvalue weighted by Crippen LogP contribution is -2.42. The second kappa shape index (κ2) is 8.43. The average Bonchev–Trinajstić information content (AvgIpc) is 2.42.